The summed E-state index contributed by atoms with van der Waals surface area (Å²) in [6, 6.07) is 9.80. The third kappa shape index (κ3) is 4.54. The van der Waals surface area contributed by atoms with E-state index in [-0.39, 0.29) is 11.6 Å². The molecule has 8 heteroatoms. The van der Waals surface area contributed by atoms with Gasteiger partial charge in [-0.05, 0) is 43.5 Å². The lowest BCUT2D eigenvalue weighted by Gasteiger charge is -2.26. The molecule has 25 heavy (non-hydrogen) atoms. The van der Waals surface area contributed by atoms with Gasteiger partial charge in [-0.1, -0.05) is 11.8 Å². The molecule has 0 spiro atoms. The highest BCUT2D eigenvalue weighted by Gasteiger charge is 2.16. The maximum absolute atomic E-state index is 12.1. The Kier molecular flexibility index (Phi) is 5.60. The first-order valence-corrected chi connectivity index (χ1v) is 9.11. The van der Waals surface area contributed by atoms with Crippen LogP contribution in [0.25, 0.3) is 11.3 Å². The van der Waals surface area contributed by atoms with Crippen molar-refractivity contribution in [3.63, 3.8) is 0 Å². The summed E-state index contributed by atoms with van der Waals surface area (Å²) in [6.07, 6.45) is 3.37. The lowest BCUT2D eigenvalue weighted by molar-refractivity contribution is -0.384. The lowest BCUT2D eigenvalue weighted by Crippen LogP contribution is -2.36. The highest BCUT2D eigenvalue weighted by Crippen LogP contribution is 2.22. The van der Waals surface area contributed by atoms with Gasteiger partial charge < -0.3 is 4.90 Å². The molecule has 1 saturated heterocycles. The van der Waals surface area contributed by atoms with Crippen molar-refractivity contribution in [2.45, 2.75) is 24.3 Å². The molecule has 0 aliphatic carbocycles. The van der Waals surface area contributed by atoms with Crippen molar-refractivity contribution in [1.29, 1.82) is 0 Å². The van der Waals surface area contributed by atoms with Crippen molar-refractivity contribution < 1.29 is 9.72 Å². The third-order valence-corrected chi connectivity index (χ3v) is 4.97. The van der Waals surface area contributed by atoms with Gasteiger partial charge in [-0.15, -0.1) is 10.2 Å². The van der Waals surface area contributed by atoms with Gasteiger partial charge in [0.1, 0.15) is 5.03 Å². The number of nitrogens with zero attached hydrogens (tertiary/aromatic N) is 4. The molecule has 0 N–H and O–H groups in total. The highest BCUT2D eigenvalue weighted by molar-refractivity contribution is 7.99. The number of rotatable bonds is 5. The molecule has 1 aromatic heterocycles. The van der Waals surface area contributed by atoms with Crippen LogP contribution in [0, 0.1) is 10.1 Å². The lowest BCUT2D eigenvalue weighted by atomic mass is 10.1. The van der Waals surface area contributed by atoms with Crippen molar-refractivity contribution >= 4 is 23.4 Å². The Morgan fingerprint density at radius 3 is 2.40 bits per heavy atom. The standard InChI is InChI=1S/C17H18N4O3S/c22-17(20-10-2-1-3-11-20)12-25-16-9-8-15(18-19-16)13-4-6-14(7-5-13)21(23)24/h4-9H,1-3,10-12H2. The van der Waals surface area contributed by atoms with Crippen LogP contribution < -0.4 is 0 Å². The Hall–Kier alpha value is -2.48. The molecule has 0 atom stereocenters. The van der Waals surface area contributed by atoms with E-state index in [1.165, 1.54) is 30.3 Å². The van der Waals surface area contributed by atoms with Gasteiger partial charge in [-0.2, -0.15) is 0 Å². The van der Waals surface area contributed by atoms with Crippen LogP contribution in [0.15, 0.2) is 41.4 Å². The molecule has 2 heterocycles. The number of thioether (sulfide) groups is 1. The fourth-order valence-corrected chi connectivity index (χ4v) is 3.39. The Bertz CT molecular complexity index is 743. The van der Waals surface area contributed by atoms with Crippen molar-refractivity contribution in [3.8, 4) is 11.3 Å². The predicted octanol–water partition coefficient (Wildman–Crippen LogP) is 3.16. The normalized spacial score (nSPS) is 14.3. The molecule has 2 aromatic rings. The van der Waals surface area contributed by atoms with Gasteiger partial charge in [0.15, 0.2) is 0 Å². The third-order valence-electron chi connectivity index (χ3n) is 4.07. The Morgan fingerprint density at radius 2 is 1.80 bits per heavy atom. The second kappa shape index (κ2) is 8.06. The van der Waals surface area contributed by atoms with Gasteiger partial charge >= 0.3 is 0 Å². The van der Waals surface area contributed by atoms with Gasteiger partial charge in [0.05, 0.1) is 16.4 Å². The average Bonchev–Trinajstić information content (AvgIpc) is 2.67. The van der Waals surface area contributed by atoms with E-state index in [1.54, 1.807) is 12.1 Å². The largest absolute Gasteiger partial charge is 0.342 e. The number of hydrogen-bond acceptors (Lipinski definition) is 6. The van der Waals surface area contributed by atoms with E-state index < -0.39 is 4.92 Å². The maximum atomic E-state index is 12.1. The topological polar surface area (TPSA) is 89.2 Å². The summed E-state index contributed by atoms with van der Waals surface area (Å²) in [5, 5.41) is 19.7. The van der Waals surface area contributed by atoms with E-state index in [0.717, 1.165) is 31.5 Å². The summed E-state index contributed by atoms with van der Waals surface area (Å²) in [5.41, 5.74) is 1.45. The van der Waals surface area contributed by atoms with Crippen LogP contribution in [0.5, 0.6) is 0 Å². The summed E-state index contributed by atoms with van der Waals surface area (Å²) in [6.45, 7) is 1.70. The Labute approximate surface area is 149 Å². The molecule has 1 aliphatic rings. The first-order chi connectivity index (χ1) is 12.1. The van der Waals surface area contributed by atoms with Crippen LogP contribution in [0.3, 0.4) is 0 Å². The minimum atomic E-state index is -0.436. The minimum absolute atomic E-state index is 0.0418. The molecule has 1 amide bonds. The number of nitro groups is 1. The number of benzene rings is 1. The van der Waals surface area contributed by atoms with Crippen LogP contribution in [0.1, 0.15) is 19.3 Å². The highest BCUT2D eigenvalue weighted by atomic mass is 32.2. The summed E-state index contributed by atoms with van der Waals surface area (Å²) >= 11 is 1.38. The molecule has 0 saturated carbocycles. The van der Waals surface area contributed by atoms with Crippen molar-refractivity contribution in [2.24, 2.45) is 0 Å². The molecule has 0 radical (unpaired) electrons. The number of nitro benzene ring substituents is 1. The fraction of sp³-hybridized carbons (Fsp3) is 0.353. The van der Waals surface area contributed by atoms with Gasteiger partial charge in [0, 0.05) is 30.8 Å². The number of hydrogen-bond donors (Lipinski definition) is 0. The van der Waals surface area contributed by atoms with Crippen molar-refractivity contribution in [2.75, 3.05) is 18.8 Å². The number of piperidine rings is 1. The monoisotopic (exact) mass is 358 g/mol. The van der Waals surface area contributed by atoms with E-state index in [2.05, 4.69) is 10.2 Å². The second-order valence-electron chi connectivity index (χ2n) is 5.79. The number of non-ortho nitro benzene ring substituents is 1. The number of carbonyl (C=O) groups excluding carboxylic acids is 1. The average molecular weight is 358 g/mol. The molecular formula is C17H18N4O3S. The summed E-state index contributed by atoms with van der Waals surface area (Å²) < 4.78 is 0. The molecule has 130 valence electrons. The van der Waals surface area contributed by atoms with Gasteiger partial charge in [-0.25, -0.2) is 0 Å². The van der Waals surface area contributed by atoms with Crippen LogP contribution >= 0.6 is 11.8 Å². The van der Waals surface area contributed by atoms with Crippen LogP contribution in [-0.4, -0.2) is 44.8 Å². The SMILES string of the molecule is O=C(CSc1ccc(-c2ccc([N+](=O)[O-])cc2)nn1)N1CCCCC1. The van der Waals surface area contributed by atoms with Gasteiger partial charge in [-0.3, -0.25) is 14.9 Å². The zero-order valence-corrected chi connectivity index (χ0v) is 14.4. The first-order valence-electron chi connectivity index (χ1n) is 8.12. The van der Waals surface area contributed by atoms with Crippen molar-refractivity contribution in [3.05, 3.63) is 46.5 Å². The number of carbonyl (C=O) groups is 1. The van der Waals surface area contributed by atoms with Gasteiger partial charge in [0.25, 0.3) is 5.69 Å². The number of likely N-dealkylation sites (tertiary alicyclic amines) is 1. The van der Waals surface area contributed by atoms with E-state index in [0.29, 0.717) is 16.5 Å². The minimum Gasteiger partial charge on any atom is -0.342 e. The quantitative estimate of drug-likeness (QED) is 0.463. The zero-order valence-electron chi connectivity index (χ0n) is 13.6. The van der Waals surface area contributed by atoms with Crippen LogP contribution in [0.4, 0.5) is 5.69 Å². The number of aromatic nitrogens is 2. The first kappa shape index (κ1) is 17.3. The fourth-order valence-electron chi connectivity index (χ4n) is 2.68. The maximum Gasteiger partial charge on any atom is 0.269 e. The van der Waals surface area contributed by atoms with Crippen LogP contribution in [0.2, 0.25) is 0 Å². The molecule has 1 fully saturated rings. The molecule has 7 nitrogen and oxygen atoms in total. The molecule has 1 aromatic carbocycles. The van der Waals surface area contributed by atoms with Crippen molar-refractivity contribution in [1.82, 2.24) is 15.1 Å². The number of amides is 1. The molecule has 0 unspecified atom stereocenters. The summed E-state index contributed by atoms with van der Waals surface area (Å²) in [7, 11) is 0. The summed E-state index contributed by atoms with van der Waals surface area (Å²) in [4.78, 5) is 24.3. The van der Waals surface area contributed by atoms with E-state index in [1.807, 2.05) is 17.0 Å². The summed E-state index contributed by atoms with van der Waals surface area (Å²) in [5.74, 6) is 0.511. The Balaban J connectivity index is 1.58. The molecular weight excluding hydrogens is 340 g/mol. The zero-order chi connectivity index (χ0) is 17.6. The smallest absolute Gasteiger partial charge is 0.269 e. The second-order valence-corrected chi connectivity index (χ2v) is 6.79. The molecule has 1 aliphatic heterocycles. The molecule has 0 bridgehead atoms. The van der Waals surface area contributed by atoms with E-state index in [4.69, 9.17) is 0 Å². The van der Waals surface area contributed by atoms with E-state index in [9.17, 15) is 14.9 Å². The van der Waals surface area contributed by atoms with Gasteiger partial charge in [0.2, 0.25) is 5.91 Å². The van der Waals surface area contributed by atoms with E-state index >= 15 is 0 Å². The predicted molar refractivity (Wildman–Crippen MR) is 95.3 cm³/mol. The Morgan fingerprint density at radius 1 is 1.08 bits per heavy atom. The van der Waals surface area contributed by atoms with Crippen LogP contribution in [-0.2, 0) is 4.79 Å². The molecule has 3 rings (SSSR count).